The summed E-state index contributed by atoms with van der Waals surface area (Å²) < 4.78 is 29.8. The average molecular weight is 380 g/mol. The average Bonchev–Trinajstić information content (AvgIpc) is 3.05. The van der Waals surface area contributed by atoms with Crippen molar-refractivity contribution in [3.63, 3.8) is 0 Å². The standard InChI is InChI=1S/C17H24N4O4S/c1-13(14-5-7-16(8-6-14)26(4,23)24)20(2)17(22)19-15-11-18-21(12-15)9-10-25-3/h5-8,11-13H,9-10H2,1-4H3,(H,19,22). The number of rotatable bonds is 7. The monoisotopic (exact) mass is 380 g/mol. The molecule has 0 aliphatic carbocycles. The zero-order valence-corrected chi connectivity index (χ0v) is 16.2. The fraction of sp³-hybridized carbons (Fsp3) is 0.412. The van der Waals surface area contributed by atoms with Gasteiger partial charge in [0.15, 0.2) is 9.84 Å². The third-order valence-corrected chi connectivity index (χ3v) is 5.23. The second-order valence-electron chi connectivity index (χ2n) is 6.04. The molecule has 1 N–H and O–H groups in total. The first kappa shape index (κ1) is 19.9. The van der Waals surface area contributed by atoms with Crippen LogP contribution in [0.5, 0.6) is 0 Å². The number of amides is 2. The van der Waals surface area contributed by atoms with Crippen molar-refractivity contribution in [3.8, 4) is 0 Å². The molecule has 0 spiro atoms. The lowest BCUT2D eigenvalue weighted by molar-refractivity contribution is 0.183. The SMILES string of the molecule is COCCn1cc(NC(=O)N(C)C(C)c2ccc(S(C)(=O)=O)cc2)cn1. The van der Waals surface area contributed by atoms with Crippen LogP contribution in [0, 0.1) is 0 Å². The van der Waals surface area contributed by atoms with Crippen molar-refractivity contribution in [1.82, 2.24) is 14.7 Å². The van der Waals surface area contributed by atoms with E-state index >= 15 is 0 Å². The summed E-state index contributed by atoms with van der Waals surface area (Å²) in [5, 5.41) is 6.94. The topological polar surface area (TPSA) is 93.5 Å². The molecule has 1 atom stereocenters. The van der Waals surface area contributed by atoms with Crippen molar-refractivity contribution < 1.29 is 17.9 Å². The van der Waals surface area contributed by atoms with E-state index < -0.39 is 9.84 Å². The van der Waals surface area contributed by atoms with Crippen LogP contribution in [0.25, 0.3) is 0 Å². The zero-order chi connectivity index (χ0) is 19.3. The molecule has 1 aromatic carbocycles. The first-order valence-electron chi connectivity index (χ1n) is 8.07. The summed E-state index contributed by atoms with van der Waals surface area (Å²) in [6.07, 6.45) is 4.47. The number of hydrogen-bond acceptors (Lipinski definition) is 5. The predicted octanol–water partition coefficient (Wildman–Crippen LogP) is 2.16. The molecule has 0 saturated carbocycles. The van der Waals surface area contributed by atoms with E-state index in [-0.39, 0.29) is 17.0 Å². The number of hydrogen-bond donors (Lipinski definition) is 1. The minimum Gasteiger partial charge on any atom is -0.383 e. The normalized spacial score (nSPS) is 12.6. The Bertz CT molecular complexity index is 846. The van der Waals surface area contributed by atoms with E-state index in [1.165, 1.54) is 0 Å². The van der Waals surface area contributed by atoms with E-state index in [0.29, 0.717) is 18.8 Å². The van der Waals surface area contributed by atoms with Crippen molar-refractivity contribution in [3.05, 3.63) is 42.2 Å². The Morgan fingerprint density at radius 3 is 2.58 bits per heavy atom. The number of aromatic nitrogens is 2. The van der Waals surface area contributed by atoms with Gasteiger partial charge in [0.25, 0.3) is 0 Å². The summed E-state index contributed by atoms with van der Waals surface area (Å²) in [4.78, 5) is 14.2. The minimum atomic E-state index is -3.24. The Morgan fingerprint density at radius 1 is 1.35 bits per heavy atom. The molecule has 2 aromatic rings. The van der Waals surface area contributed by atoms with Gasteiger partial charge in [0.05, 0.1) is 36.0 Å². The zero-order valence-electron chi connectivity index (χ0n) is 15.3. The molecule has 9 heteroatoms. The lowest BCUT2D eigenvalue weighted by Gasteiger charge is -2.25. The van der Waals surface area contributed by atoms with Crippen molar-refractivity contribution in [2.75, 3.05) is 32.3 Å². The van der Waals surface area contributed by atoms with Crippen LogP contribution in [-0.4, -0.2) is 56.1 Å². The van der Waals surface area contributed by atoms with E-state index in [4.69, 9.17) is 4.74 Å². The highest BCUT2D eigenvalue weighted by atomic mass is 32.2. The second kappa shape index (κ2) is 8.33. The van der Waals surface area contributed by atoms with Crippen LogP contribution >= 0.6 is 0 Å². The first-order chi connectivity index (χ1) is 12.2. The largest absolute Gasteiger partial charge is 0.383 e. The predicted molar refractivity (Wildman–Crippen MR) is 98.9 cm³/mol. The van der Waals surface area contributed by atoms with E-state index in [1.54, 1.807) is 60.4 Å². The maximum absolute atomic E-state index is 12.4. The molecule has 8 nitrogen and oxygen atoms in total. The van der Waals surface area contributed by atoms with Gasteiger partial charge in [-0.1, -0.05) is 12.1 Å². The summed E-state index contributed by atoms with van der Waals surface area (Å²) in [6, 6.07) is 6.02. The van der Waals surface area contributed by atoms with Crippen LogP contribution in [0.1, 0.15) is 18.5 Å². The summed E-state index contributed by atoms with van der Waals surface area (Å²) in [5.74, 6) is 0. The fourth-order valence-electron chi connectivity index (χ4n) is 2.34. The van der Waals surface area contributed by atoms with E-state index in [0.717, 1.165) is 11.8 Å². The maximum Gasteiger partial charge on any atom is 0.322 e. The summed E-state index contributed by atoms with van der Waals surface area (Å²) in [5.41, 5.74) is 1.43. The van der Waals surface area contributed by atoms with Crippen LogP contribution in [0.4, 0.5) is 10.5 Å². The molecule has 0 bridgehead atoms. The number of carbonyl (C=O) groups excluding carboxylic acids is 1. The fourth-order valence-corrected chi connectivity index (χ4v) is 2.97. The third kappa shape index (κ3) is 5.06. The van der Waals surface area contributed by atoms with Gasteiger partial charge in [0, 0.05) is 26.6 Å². The van der Waals surface area contributed by atoms with Gasteiger partial charge in [-0.15, -0.1) is 0 Å². The molecule has 1 aromatic heterocycles. The second-order valence-corrected chi connectivity index (χ2v) is 8.06. The van der Waals surface area contributed by atoms with Gasteiger partial charge in [-0.3, -0.25) is 4.68 Å². The molecule has 0 radical (unpaired) electrons. The molecule has 1 unspecified atom stereocenters. The van der Waals surface area contributed by atoms with Gasteiger partial charge in [-0.2, -0.15) is 5.10 Å². The van der Waals surface area contributed by atoms with Gasteiger partial charge in [0.2, 0.25) is 0 Å². The molecule has 142 valence electrons. The molecule has 0 aliphatic rings. The van der Waals surface area contributed by atoms with Crippen LogP contribution in [0.3, 0.4) is 0 Å². The smallest absolute Gasteiger partial charge is 0.322 e. The Labute approximate surface area is 153 Å². The van der Waals surface area contributed by atoms with Crippen molar-refractivity contribution in [1.29, 1.82) is 0 Å². The molecule has 0 fully saturated rings. The van der Waals surface area contributed by atoms with Crippen LogP contribution in [0.15, 0.2) is 41.6 Å². The van der Waals surface area contributed by atoms with Gasteiger partial charge < -0.3 is 15.0 Å². The maximum atomic E-state index is 12.4. The molecule has 2 rings (SSSR count). The highest BCUT2D eigenvalue weighted by Gasteiger charge is 2.18. The molecular weight excluding hydrogens is 356 g/mol. The molecule has 0 saturated heterocycles. The number of urea groups is 1. The molecule has 0 aliphatic heterocycles. The lowest BCUT2D eigenvalue weighted by Crippen LogP contribution is -2.33. The van der Waals surface area contributed by atoms with Crippen molar-refractivity contribution in [2.24, 2.45) is 0 Å². The summed E-state index contributed by atoms with van der Waals surface area (Å²) in [7, 11) is 0.0583. The number of nitrogens with one attached hydrogen (secondary N) is 1. The lowest BCUT2D eigenvalue weighted by atomic mass is 10.1. The first-order valence-corrected chi connectivity index (χ1v) is 9.96. The highest BCUT2D eigenvalue weighted by molar-refractivity contribution is 7.90. The quantitative estimate of drug-likeness (QED) is 0.794. The highest BCUT2D eigenvalue weighted by Crippen LogP contribution is 2.21. The Balaban J connectivity index is 2.01. The van der Waals surface area contributed by atoms with Gasteiger partial charge in [-0.25, -0.2) is 13.2 Å². The van der Waals surface area contributed by atoms with Gasteiger partial charge >= 0.3 is 6.03 Å². The number of carbonyl (C=O) groups is 1. The summed E-state index contributed by atoms with van der Waals surface area (Å²) in [6.45, 7) is 3.01. The summed E-state index contributed by atoms with van der Waals surface area (Å²) >= 11 is 0. The Hall–Kier alpha value is -2.39. The number of ether oxygens (including phenoxy) is 1. The van der Waals surface area contributed by atoms with Crippen molar-refractivity contribution in [2.45, 2.75) is 24.4 Å². The van der Waals surface area contributed by atoms with Crippen LogP contribution in [-0.2, 0) is 21.1 Å². The van der Waals surface area contributed by atoms with E-state index in [9.17, 15) is 13.2 Å². The molecule has 26 heavy (non-hydrogen) atoms. The van der Waals surface area contributed by atoms with Gasteiger partial charge in [-0.05, 0) is 24.6 Å². The Kier molecular flexibility index (Phi) is 6.38. The third-order valence-electron chi connectivity index (χ3n) is 4.10. The van der Waals surface area contributed by atoms with Crippen LogP contribution in [0.2, 0.25) is 0 Å². The number of nitrogens with zero attached hydrogens (tertiary/aromatic N) is 3. The minimum absolute atomic E-state index is 0.229. The number of anilines is 1. The van der Waals surface area contributed by atoms with E-state index in [2.05, 4.69) is 10.4 Å². The number of sulfone groups is 1. The number of benzene rings is 1. The van der Waals surface area contributed by atoms with Crippen molar-refractivity contribution >= 4 is 21.6 Å². The van der Waals surface area contributed by atoms with Gasteiger partial charge in [0.1, 0.15) is 0 Å². The van der Waals surface area contributed by atoms with E-state index in [1.807, 2.05) is 6.92 Å². The molecule has 1 heterocycles. The Morgan fingerprint density at radius 2 is 2.00 bits per heavy atom. The number of methoxy groups -OCH3 is 1. The van der Waals surface area contributed by atoms with Crippen LogP contribution < -0.4 is 5.32 Å². The molecule has 2 amide bonds. The molecular formula is C17H24N4O4S.